The van der Waals surface area contributed by atoms with E-state index in [1.54, 1.807) is 0 Å². The average molecular weight is 203 g/mol. The van der Waals surface area contributed by atoms with Crippen LogP contribution in [0.1, 0.15) is 6.42 Å². The first-order valence-corrected chi connectivity index (χ1v) is 5.63. The van der Waals surface area contributed by atoms with Gasteiger partial charge >= 0.3 is 6.03 Å². The van der Waals surface area contributed by atoms with Crippen LogP contribution in [-0.2, 0) is 9.84 Å². The van der Waals surface area contributed by atoms with Crippen molar-refractivity contribution in [3.8, 4) is 0 Å². The average Bonchev–Trinajstić information content (AvgIpc) is 2.38. The zero-order chi connectivity index (χ0) is 9.69. The molecule has 0 saturated carbocycles. The number of amides is 2. The van der Waals surface area contributed by atoms with Crippen LogP contribution in [0, 0.1) is 0 Å². The third kappa shape index (κ3) is 1.19. The molecule has 0 bridgehead atoms. The number of hydrogen-bond acceptors (Lipinski definition) is 4. The van der Waals surface area contributed by atoms with Crippen LogP contribution in [0.3, 0.4) is 0 Å². The highest BCUT2D eigenvalue weighted by Crippen LogP contribution is 2.26. The highest BCUT2D eigenvalue weighted by molar-refractivity contribution is 7.91. The number of nitrogens with one attached hydrogen (secondary N) is 1. The maximum Gasteiger partial charge on any atom is 0.343 e. The summed E-state index contributed by atoms with van der Waals surface area (Å²) in [6.07, 6.45) is 0.330. The summed E-state index contributed by atoms with van der Waals surface area (Å²) < 4.78 is 22.4. The molecule has 7 heteroatoms. The molecule has 0 aromatic rings. The molecular formula is C6H9N3O3S. The summed E-state index contributed by atoms with van der Waals surface area (Å²) in [5.41, 5.74) is 4.58. The predicted molar refractivity (Wildman–Crippen MR) is 46.2 cm³/mol. The van der Waals surface area contributed by atoms with Crippen molar-refractivity contribution >= 4 is 21.7 Å². The number of rotatable bonds is 0. The Labute approximate surface area is 75.1 Å². The van der Waals surface area contributed by atoms with E-state index >= 15 is 0 Å². The lowest BCUT2D eigenvalue weighted by molar-refractivity contribution is 0.247. The minimum Gasteiger partial charge on any atom is -0.385 e. The zero-order valence-electron chi connectivity index (χ0n) is 6.78. The molecule has 1 saturated heterocycles. The summed E-state index contributed by atoms with van der Waals surface area (Å²) in [6, 6.07) is -0.547. The number of sulfone groups is 1. The van der Waals surface area contributed by atoms with E-state index in [9.17, 15) is 13.2 Å². The number of amidine groups is 1. The molecule has 1 spiro atoms. The Morgan fingerprint density at radius 2 is 2.23 bits per heavy atom. The molecule has 2 rings (SSSR count). The highest BCUT2D eigenvalue weighted by Gasteiger charge is 2.49. The molecule has 2 aliphatic rings. The fraction of sp³-hybridized carbons (Fsp3) is 0.667. The van der Waals surface area contributed by atoms with E-state index in [0.29, 0.717) is 6.42 Å². The van der Waals surface area contributed by atoms with Gasteiger partial charge in [-0.25, -0.2) is 13.2 Å². The summed E-state index contributed by atoms with van der Waals surface area (Å²) in [6.45, 7) is 0. The molecule has 1 fully saturated rings. The molecule has 13 heavy (non-hydrogen) atoms. The van der Waals surface area contributed by atoms with E-state index in [0.717, 1.165) is 0 Å². The SMILES string of the molecule is NC1=NC(=O)NC12CCS(=O)(=O)C2. The van der Waals surface area contributed by atoms with Crippen LogP contribution in [-0.4, -0.2) is 37.3 Å². The minimum atomic E-state index is -3.07. The second-order valence-electron chi connectivity index (χ2n) is 3.35. The number of nitrogens with zero attached hydrogens (tertiary/aromatic N) is 1. The van der Waals surface area contributed by atoms with Crippen LogP contribution < -0.4 is 11.1 Å². The fourth-order valence-electron chi connectivity index (χ4n) is 1.66. The van der Waals surface area contributed by atoms with Gasteiger partial charge in [0.15, 0.2) is 9.84 Å². The number of carbonyl (C=O) groups is 1. The highest BCUT2D eigenvalue weighted by atomic mass is 32.2. The molecule has 2 amide bonds. The largest absolute Gasteiger partial charge is 0.385 e. The summed E-state index contributed by atoms with van der Waals surface area (Å²) in [5, 5.41) is 2.49. The van der Waals surface area contributed by atoms with Gasteiger partial charge in [0, 0.05) is 0 Å². The second kappa shape index (κ2) is 2.22. The van der Waals surface area contributed by atoms with E-state index in [1.165, 1.54) is 0 Å². The summed E-state index contributed by atoms with van der Waals surface area (Å²) in [4.78, 5) is 14.3. The normalized spacial score (nSPS) is 36.3. The lowest BCUT2D eigenvalue weighted by Crippen LogP contribution is -2.52. The van der Waals surface area contributed by atoms with Crippen LogP contribution in [0.4, 0.5) is 4.79 Å². The molecule has 3 N–H and O–H groups in total. The van der Waals surface area contributed by atoms with Crippen molar-refractivity contribution in [1.82, 2.24) is 5.32 Å². The van der Waals surface area contributed by atoms with E-state index in [1.807, 2.05) is 0 Å². The molecule has 2 aliphatic heterocycles. The molecule has 6 nitrogen and oxygen atoms in total. The van der Waals surface area contributed by atoms with Gasteiger partial charge in [-0.3, -0.25) is 0 Å². The van der Waals surface area contributed by atoms with Gasteiger partial charge in [0.1, 0.15) is 11.4 Å². The molecular weight excluding hydrogens is 194 g/mol. The number of aliphatic imine (C=N–C) groups is 1. The van der Waals surface area contributed by atoms with Crippen molar-refractivity contribution in [2.45, 2.75) is 12.0 Å². The van der Waals surface area contributed by atoms with E-state index in [4.69, 9.17) is 5.73 Å². The molecule has 0 aliphatic carbocycles. The van der Waals surface area contributed by atoms with E-state index in [2.05, 4.69) is 10.3 Å². The molecule has 72 valence electrons. The van der Waals surface area contributed by atoms with Crippen molar-refractivity contribution in [2.24, 2.45) is 10.7 Å². The number of hydrogen-bond donors (Lipinski definition) is 2. The Hall–Kier alpha value is -1.11. The van der Waals surface area contributed by atoms with Gasteiger partial charge in [-0.15, -0.1) is 0 Å². The van der Waals surface area contributed by atoms with Crippen LogP contribution in [0.25, 0.3) is 0 Å². The van der Waals surface area contributed by atoms with Gasteiger partial charge in [-0.05, 0) is 6.42 Å². The first-order valence-electron chi connectivity index (χ1n) is 3.81. The lowest BCUT2D eigenvalue weighted by Gasteiger charge is -2.20. The minimum absolute atomic E-state index is 0.0590. The maximum absolute atomic E-state index is 11.2. The summed E-state index contributed by atoms with van der Waals surface area (Å²) in [7, 11) is -3.07. The molecule has 2 heterocycles. The van der Waals surface area contributed by atoms with Crippen LogP contribution in [0.5, 0.6) is 0 Å². The van der Waals surface area contributed by atoms with Gasteiger partial charge in [0.25, 0.3) is 0 Å². The van der Waals surface area contributed by atoms with Gasteiger partial charge in [0.05, 0.1) is 11.5 Å². The van der Waals surface area contributed by atoms with Gasteiger partial charge < -0.3 is 11.1 Å². The molecule has 1 atom stereocenters. The number of carbonyl (C=O) groups excluding carboxylic acids is 1. The topological polar surface area (TPSA) is 102 Å². The van der Waals surface area contributed by atoms with Crippen molar-refractivity contribution < 1.29 is 13.2 Å². The Kier molecular flexibility index (Phi) is 1.45. The third-order valence-electron chi connectivity index (χ3n) is 2.36. The van der Waals surface area contributed by atoms with Crippen LogP contribution >= 0.6 is 0 Å². The Morgan fingerprint density at radius 1 is 1.54 bits per heavy atom. The monoisotopic (exact) mass is 203 g/mol. The molecule has 1 unspecified atom stereocenters. The standard InChI is InChI=1S/C6H9N3O3S/c7-4-6(9-5(10)8-4)1-2-13(11,12)3-6/h1-3H2,(H3,7,8,9,10). The molecule has 0 radical (unpaired) electrons. The van der Waals surface area contributed by atoms with Crippen LogP contribution in [0.2, 0.25) is 0 Å². The van der Waals surface area contributed by atoms with E-state index in [-0.39, 0.29) is 17.3 Å². The zero-order valence-corrected chi connectivity index (χ0v) is 7.60. The molecule has 0 aromatic carbocycles. The van der Waals surface area contributed by atoms with Crippen molar-refractivity contribution in [2.75, 3.05) is 11.5 Å². The van der Waals surface area contributed by atoms with Gasteiger partial charge in [-0.2, -0.15) is 4.99 Å². The fourth-order valence-corrected chi connectivity index (χ4v) is 3.58. The second-order valence-corrected chi connectivity index (χ2v) is 5.54. The summed E-state index contributed by atoms with van der Waals surface area (Å²) in [5.74, 6) is 0.0310. The first kappa shape index (κ1) is 8.49. The van der Waals surface area contributed by atoms with Gasteiger partial charge in [-0.1, -0.05) is 0 Å². The quantitative estimate of drug-likeness (QED) is 0.506. The lowest BCUT2D eigenvalue weighted by atomic mass is 9.99. The summed E-state index contributed by atoms with van der Waals surface area (Å²) >= 11 is 0. The van der Waals surface area contributed by atoms with Gasteiger partial charge in [0.2, 0.25) is 0 Å². The molecule has 0 aromatic heterocycles. The number of urea groups is 1. The third-order valence-corrected chi connectivity index (χ3v) is 4.12. The van der Waals surface area contributed by atoms with Crippen molar-refractivity contribution in [3.05, 3.63) is 0 Å². The van der Waals surface area contributed by atoms with E-state index < -0.39 is 21.4 Å². The van der Waals surface area contributed by atoms with Crippen molar-refractivity contribution in [1.29, 1.82) is 0 Å². The van der Waals surface area contributed by atoms with Crippen LogP contribution in [0.15, 0.2) is 4.99 Å². The smallest absolute Gasteiger partial charge is 0.343 e. The Balaban J connectivity index is 2.37. The van der Waals surface area contributed by atoms with Crippen molar-refractivity contribution in [3.63, 3.8) is 0 Å². The predicted octanol–water partition coefficient (Wildman–Crippen LogP) is -1.38. The first-order chi connectivity index (χ1) is 5.94. The maximum atomic E-state index is 11.2. The number of nitrogens with two attached hydrogens (primary N) is 1. The Morgan fingerprint density at radius 3 is 2.62 bits per heavy atom. The Bertz CT molecular complexity index is 399.